The van der Waals surface area contributed by atoms with Gasteiger partial charge in [0.25, 0.3) is 6.47 Å². The van der Waals surface area contributed by atoms with E-state index in [4.69, 9.17) is 15.6 Å². The van der Waals surface area contributed by atoms with Gasteiger partial charge < -0.3 is 31.3 Å². The minimum Gasteiger partial charge on any atom is -0.483 e. The van der Waals surface area contributed by atoms with Crippen molar-refractivity contribution in [2.45, 2.75) is 31.7 Å². The maximum Gasteiger partial charge on any atom is 0.317 e. The van der Waals surface area contributed by atoms with E-state index in [1.54, 1.807) is 14.1 Å². The summed E-state index contributed by atoms with van der Waals surface area (Å²) in [6.45, 7) is 2.23. The van der Waals surface area contributed by atoms with Gasteiger partial charge in [-0.15, -0.1) is 0 Å². The minimum absolute atomic E-state index is 0.0192. The molecule has 1 aliphatic heterocycles. The van der Waals surface area contributed by atoms with Gasteiger partial charge >= 0.3 is 6.03 Å². The van der Waals surface area contributed by atoms with E-state index in [0.717, 1.165) is 38.0 Å². The molecule has 162 valence electrons. The highest BCUT2D eigenvalue weighted by molar-refractivity contribution is 5.78. The number of hydrogen-bond acceptors (Lipinski definition) is 5. The molecule has 9 heteroatoms. The van der Waals surface area contributed by atoms with E-state index in [9.17, 15) is 9.59 Å². The molecule has 0 saturated carbocycles. The predicted octanol–water partition coefficient (Wildman–Crippen LogP) is 0.953. The van der Waals surface area contributed by atoms with Crippen LogP contribution in [-0.4, -0.2) is 79.6 Å². The number of hydrogen-bond donors (Lipinski definition) is 4. The molecule has 1 aliphatic rings. The normalized spacial score (nSPS) is 13.7. The van der Waals surface area contributed by atoms with E-state index in [-0.39, 0.29) is 18.4 Å². The lowest BCUT2D eigenvalue weighted by Crippen LogP contribution is -2.47. The van der Waals surface area contributed by atoms with Gasteiger partial charge in [-0.2, -0.15) is 0 Å². The molecular weight excluding hydrogens is 374 g/mol. The maximum absolute atomic E-state index is 12.2. The monoisotopic (exact) mass is 407 g/mol. The van der Waals surface area contributed by atoms with Gasteiger partial charge in [0, 0.05) is 51.9 Å². The lowest BCUT2D eigenvalue weighted by Gasteiger charge is -2.33. The van der Waals surface area contributed by atoms with Crippen LogP contribution < -0.4 is 16.4 Å². The van der Waals surface area contributed by atoms with Crippen molar-refractivity contribution in [2.24, 2.45) is 5.73 Å². The Morgan fingerprint density at radius 1 is 1.24 bits per heavy atom. The molecule has 0 unspecified atom stereocenters. The number of amides is 3. The van der Waals surface area contributed by atoms with Crippen LogP contribution in [0, 0.1) is 0 Å². The molecule has 29 heavy (non-hydrogen) atoms. The van der Waals surface area contributed by atoms with Gasteiger partial charge in [0.2, 0.25) is 5.91 Å². The summed E-state index contributed by atoms with van der Waals surface area (Å²) in [6, 6.07) is 8.67. The molecular formula is C20H33N5O4. The number of nitrogens with zero attached hydrogens (tertiary/aromatic N) is 2. The van der Waals surface area contributed by atoms with Crippen molar-refractivity contribution in [1.82, 2.24) is 15.1 Å². The Labute approximate surface area is 172 Å². The van der Waals surface area contributed by atoms with Gasteiger partial charge in [0.05, 0.1) is 0 Å². The van der Waals surface area contributed by atoms with Crippen LogP contribution in [0.15, 0.2) is 24.3 Å². The summed E-state index contributed by atoms with van der Waals surface area (Å²) in [5.74, 6) is 0.0192. The van der Waals surface area contributed by atoms with Crippen LogP contribution in [0.2, 0.25) is 0 Å². The van der Waals surface area contributed by atoms with Crippen LogP contribution in [-0.2, 0) is 16.0 Å². The van der Waals surface area contributed by atoms with Crippen molar-refractivity contribution in [3.63, 3.8) is 0 Å². The lowest BCUT2D eigenvalue weighted by molar-refractivity contribution is -0.128. The zero-order valence-electron chi connectivity index (χ0n) is 17.3. The van der Waals surface area contributed by atoms with Crippen LogP contribution in [0.3, 0.4) is 0 Å². The number of nitrogens with two attached hydrogens (primary N) is 1. The molecule has 1 aromatic rings. The number of carbonyl (C=O) groups excluding carboxylic acids is 2. The number of carboxylic acid groups (broad SMARTS) is 1. The molecule has 5 N–H and O–H groups in total. The Morgan fingerprint density at radius 2 is 1.83 bits per heavy atom. The van der Waals surface area contributed by atoms with E-state index in [1.807, 2.05) is 4.90 Å². The lowest BCUT2D eigenvalue weighted by atomic mass is 10.0. The third-order valence-corrected chi connectivity index (χ3v) is 4.65. The van der Waals surface area contributed by atoms with Gasteiger partial charge in [-0.1, -0.05) is 12.1 Å². The fraction of sp³-hybridized carbons (Fsp3) is 0.550. The summed E-state index contributed by atoms with van der Waals surface area (Å²) in [4.78, 5) is 35.4. The summed E-state index contributed by atoms with van der Waals surface area (Å²) in [6.07, 6.45) is 3.05. The van der Waals surface area contributed by atoms with Crippen molar-refractivity contribution >= 4 is 24.1 Å². The van der Waals surface area contributed by atoms with Gasteiger partial charge in [0.15, 0.2) is 0 Å². The zero-order chi connectivity index (χ0) is 21.6. The largest absolute Gasteiger partial charge is 0.483 e. The molecule has 0 aromatic heterocycles. The first-order valence-corrected chi connectivity index (χ1v) is 9.77. The third-order valence-electron chi connectivity index (χ3n) is 4.65. The zero-order valence-corrected chi connectivity index (χ0v) is 17.3. The van der Waals surface area contributed by atoms with E-state index in [1.165, 1.54) is 10.5 Å². The van der Waals surface area contributed by atoms with Crippen molar-refractivity contribution in [1.29, 1.82) is 0 Å². The van der Waals surface area contributed by atoms with Crippen molar-refractivity contribution in [3.05, 3.63) is 29.8 Å². The number of piperidine rings is 1. The number of benzene rings is 1. The molecule has 3 amide bonds. The van der Waals surface area contributed by atoms with E-state index >= 15 is 0 Å². The van der Waals surface area contributed by atoms with Crippen molar-refractivity contribution in [2.75, 3.05) is 45.6 Å². The first kappa shape index (κ1) is 24.2. The molecule has 0 radical (unpaired) electrons. The average molecular weight is 408 g/mol. The first-order chi connectivity index (χ1) is 13.9. The molecule has 1 aromatic carbocycles. The highest BCUT2D eigenvalue weighted by Crippen LogP contribution is 2.17. The number of anilines is 1. The average Bonchev–Trinajstić information content (AvgIpc) is 2.70. The van der Waals surface area contributed by atoms with Crippen LogP contribution in [0.5, 0.6) is 0 Å². The molecule has 1 saturated heterocycles. The van der Waals surface area contributed by atoms with Crippen LogP contribution in [0.4, 0.5) is 10.5 Å². The second-order valence-electron chi connectivity index (χ2n) is 7.02. The standard InChI is InChI=1S/C19H31N5O2.CH2O2/c1-23(2)18(25)8-12-21-19(26)24-13-9-17(10-14-24)22-16-5-3-15(4-6-16)7-11-20;2-1-3/h3-6,17,22H,7-14,20H2,1-2H3,(H,21,26);1H,(H,2,3). The number of nitrogens with one attached hydrogen (secondary N) is 2. The Balaban J connectivity index is 0.00000132. The third kappa shape index (κ3) is 9.29. The number of likely N-dealkylation sites (tertiary alicyclic amines) is 1. The molecule has 2 rings (SSSR count). The summed E-state index contributed by atoms with van der Waals surface area (Å²) in [5.41, 5.74) is 7.93. The first-order valence-electron chi connectivity index (χ1n) is 9.77. The van der Waals surface area contributed by atoms with Gasteiger partial charge in [0.1, 0.15) is 0 Å². The Kier molecular flexibility index (Phi) is 11.2. The maximum atomic E-state index is 12.2. The molecule has 0 atom stereocenters. The van der Waals surface area contributed by atoms with Crippen LogP contribution in [0.1, 0.15) is 24.8 Å². The summed E-state index contributed by atoms with van der Waals surface area (Å²) >= 11 is 0. The van der Waals surface area contributed by atoms with E-state index in [0.29, 0.717) is 25.6 Å². The quantitative estimate of drug-likeness (QED) is 0.498. The summed E-state index contributed by atoms with van der Waals surface area (Å²) < 4.78 is 0. The fourth-order valence-corrected chi connectivity index (χ4v) is 3.01. The highest BCUT2D eigenvalue weighted by Gasteiger charge is 2.22. The summed E-state index contributed by atoms with van der Waals surface area (Å²) in [5, 5.41) is 13.3. The number of rotatable bonds is 7. The number of urea groups is 1. The molecule has 9 nitrogen and oxygen atoms in total. The SMILES string of the molecule is CN(C)C(=O)CCNC(=O)N1CCC(Nc2ccc(CCN)cc2)CC1.O=CO. The molecule has 1 fully saturated rings. The second kappa shape index (κ2) is 13.4. The second-order valence-corrected chi connectivity index (χ2v) is 7.02. The predicted molar refractivity (Wildman–Crippen MR) is 113 cm³/mol. The van der Waals surface area contributed by atoms with Gasteiger partial charge in [-0.05, 0) is 43.5 Å². The Bertz CT molecular complexity index is 628. The topological polar surface area (TPSA) is 128 Å². The van der Waals surface area contributed by atoms with Crippen LogP contribution in [0.25, 0.3) is 0 Å². The fourth-order valence-electron chi connectivity index (χ4n) is 3.01. The highest BCUT2D eigenvalue weighted by atomic mass is 16.3. The smallest absolute Gasteiger partial charge is 0.317 e. The van der Waals surface area contributed by atoms with Crippen molar-refractivity contribution < 1.29 is 19.5 Å². The van der Waals surface area contributed by atoms with Gasteiger partial charge in [-0.3, -0.25) is 9.59 Å². The van der Waals surface area contributed by atoms with E-state index in [2.05, 4.69) is 34.9 Å². The Hall–Kier alpha value is -2.81. The summed E-state index contributed by atoms with van der Waals surface area (Å²) in [7, 11) is 3.43. The molecule has 1 heterocycles. The molecule has 0 spiro atoms. The van der Waals surface area contributed by atoms with Crippen molar-refractivity contribution in [3.8, 4) is 0 Å². The van der Waals surface area contributed by atoms with Gasteiger partial charge in [-0.25, -0.2) is 4.79 Å². The number of carbonyl (C=O) groups is 3. The minimum atomic E-state index is -0.250. The van der Waals surface area contributed by atoms with Crippen LogP contribution >= 0.6 is 0 Å². The van der Waals surface area contributed by atoms with E-state index < -0.39 is 0 Å². The molecule has 0 aliphatic carbocycles. The Morgan fingerprint density at radius 3 is 2.34 bits per heavy atom. The molecule has 0 bridgehead atoms.